The maximum absolute atomic E-state index is 5.05. The molecule has 5 heteroatoms. The number of pyridine rings is 1. The minimum absolute atomic E-state index is 0.586. The molecule has 0 atom stereocenters. The molecule has 0 bridgehead atoms. The second-order valence-electron chi connectivity index (χ2n) is 11.9. The molecule has 0 aliphatic heterocycles. The van der Waals surface area contributed by atoms with Gasteiger partial charge in [0.25, 0.3) is 0 Å². The van der Waals surface area contributed by atoms with Crippen molar-refractivity contribution in [2.24, 2.45) is 0 Å². The molecule has 9 aromatic rings. The molecule has 0 fully saturated rings. The van der Waals surface area contributed by atoms with E-state index in [0.29, 0.717) is 17.5 Å². The van der Waals surface area contributed by atoms with Crippen LogP contribution in [-0.2, 0) is 0 Å². The second-order valence-corrected chi connectivity index (χ2v) is 11.9. The zero-order valence-corrected chi connectivity index (χ0v) is 25.2. The SMILES string of the molecule is c1ccc(-c2nc(-c3ccccc3)nc(-c3ccc(-n4c5cccc6c5c5c(cccc54)-c4cccc5cccc-6c45)nc3)n2)cc1. The van der Waals surface area contributed by atoms with Gasteiger partial charge >= 0.3 is 0 Å². The first-order valence-corrected chi connectivity index (χ1v) is 15.7. The Hall–Kier alpha value is -6.46. The van der Waals surface area contributed by atoms with Gasteiger partial charge in [0.15, 0.2) is 17.5 Å². The number of benzene rings is 6. The van der Waals surface area contributed by atoms with Crippen molar-refractivity contribution in [2.45, 2.75) is 0 Å². The number of hydrogen-bond donors (Lipinski definition) is 0. The third kappa shape index (κ3) is 3.90. The summed E-state index contributed by atoms with van der Waals surface area (Å²) in [6, 6.07) is 50.7. The summed E-state index contributed by atoms with van der Waals surface area (Å²) in [6.07, 6.45) is 1.88. The lowest BCUT2D eigenvalue weighted by atomic mass is 9.93. The average Bonchev–Trinajstić information content (AvgIpc) is 3.43. The second kappa shape index (κ2) is 10.0. The minimum Gasteiger partial charge on any atom is -0.294 e. The molecule has 3 aromatic heterocycles. The van der Waals surface area contributed by atoms with Gasteiger partial charge in [0.2, 0.25) is 0 Å². The molecule has 5 nitrogen and oxygen atoms in total. The van der Waals surface area contributed by atoms with Crippen LogP contribution in [-0.4, -0.2) is 24.5 Å². The molecule has 218 valence electrons. The van der Waals surface area contributed by atoms with Crippen LogP contribution in [0.4, 0.5) is 0 Å². The van der Waals surface area contributed by atoms with Crippen molar-refractivity contribution in [1.82, 2.24) is 24.5 Å². The van der Waals surface area contributed by atoms with Crippen LogP contribution in [0, 0.1) is 0 Å². The fraction of sp³-hybridized carbons (Fsp3) is 0. The summed E-state index contributed by atoms with van der Waals surface area (Å²) in [5, 5.41) is 5.08. The number of hydrogen-bond acceptors (Lipinski definition) is 4. The van der Waals surface area contributed by atoms with Gasteiger partial charge in [-0.3, -0.25) is 4.57 Å². The van der Waals surface area contributed by atoms with E-state index >= 15 is 0 Å². The third-order valence-corrected chi connectivity index (χ3v) is 9.24. The van der Waals surface area contributed by atoms with E-state index < -0.39 is 0 Å². The van der Waals surface area contributed by atoms with Gasteiger partial charge in [-0.05, 0) is 57.3 Å². The molecule has 1 aliphatic carbocycles. The summed E-state index contributed by atoms with van der Waals surface area (Å²) in [6.45, 7) is 0. The minimum atomic E-state index is 0.586. The molecule has 0 spiro atoms. The van der Waals surface area contributed by atoms with Gasteiger partial charge < -0.3 is 0 Å². The molecule has 0 saturated heterocycles. The van der Waals surface area contributed by atoms with Crippen LogP contribution in [0.5, 0.6) is 0 Å². The molecule has 10 rings (SSSR count). The predicted molar refractivity (Wildman–Crippen MR) is 190 cm³/mol. The molecule has 0 amide bonds. The fourth-order valence-electron chi connectivity index (χ4n) is 7.18. The van der Waals surface area contributed by atoms with Crippen LogP contribution >= 0.6 is 0 Å². The van der Waals surface area contributed by atoms with Crippen molar-refractivity contribution in [3.63, 3.8) is 0 Å². The first-order valence-electron chi connectivity index (χ1n) is 15.7. The molecule has 6 aromatic carbocycles. The predicted octanol–water partition coefficient (Wildman–Crippen LogP) is 10.2. The molecular formula is C42H25N5. The number of rotatable bonds is 4. The number of nitrogens with zero attached hydrogens (tertiary/aromatic N) is 5. The van der Waals surface area contributed by atoms with Crippen LogP contribution < -0.4 is 0 Å². The number of aromatic nitrogens is 5. The molecule has 1 aliphatic rings. The Morgan fingerprint density at radius 2 is 0.830 bits per heavy atom. The van der Waals surface area contributed by atoms with Gasteiger partial charge in [0.1, 0.15) is 5.82 Å². The van der Waals surface area contributed by atoms with E-state index in [1.165, 1.54) is 43.8 Å². The van der Waals surface area contributed by atoms with Crippen molar-refractivity contribution in [3.05, 3.63) is 152 Å². The molecule has 0 N–H and O–H groups in total. The maximum Gasteiger partial charge on any atom is 0.165 e. The molecule has 3 heterocycles. The Balaban J connectivity index is 1.16. The molecular weight excluding hydrogens is 574 g/mol. The van der Waals surface area contributed by atoms with E-state index in [1.807, 2.05) is 66.9 Å². The monoisotopic (exact) mass is 599 g/mol. The lowest BCUT2D eigenvalue weighted by Crippen LogP contribution is -2.01. The van der Waals surface area contributed by atoms with Crippen molar-refractivity contribution in [1.29, 1.82) is 0 Å². The topological polar surface area (TPSA) is 56.5 Å². The molecule has 0 saturated carbocycles. The van der Waals surface area contributed by atoms with E-state index in [1.54, 1.807) is 0 Å². The highest BCUT2D eigenvalue weighted by molar-refractivity contribution is 6.27. The van der Waals surface area contributed by atoms with Crippen LogP contribution in [0.1, 0.15) is 0 Å². The largest absolute Gasteiger partial charge is 0.294 e. The van der Waals surface area contributed by atoms with E-state index in [-0.39, 0.29) is 0 Å². The maximum atomic E-state index is 5.05. The fourth-order valence-corrected chi connectivity index (χ4v) is 7.18. The van der Waals surface area contributed by atoms with Crippen LogP contribution in [0.2, 0.25) is 0 Å². The third-order valence-electron chi connectivity index (χ3n) is 9.24. The standard InChI is InChI=1S/C42H25N5/c1-3-11-27(12-4-1)40-44-41(28-13-5-2-6-14-28)46-42(45-40)29-23-24-36(43-25-29)47-34-21-9-19-32-30-17-7-15-26-16-8-18-31(37(26)30)33-20-10-22-35(47)39(33)38(32)34/h1-25H. The first kappa shape index (κ1) is 25.8. The highest BCUT2D eigenvalue weighted by Gasteiger charge is 2.24. The van der Waals surface area contributed by atoms with Gasteiger partial charge in [-0.2, -0.15) is 0 Å². The summed E-state index contributed by atoms with van der Waals surface area (Å²) < 4.78 is 2.29. The van der Waals surface area contributed by atoms with Gasteiger partial charge in [0.05, 0.1) is 11.0 Å². The average molecular weight is 600 g/mol. The van der Waals surface area contributed by atoms with Crippen molar-refractivity contribution < 1.29 is 0 Å². The zero-order valence-electron chi connectivity index (χ0n) is 25.2. The van der Waals surface area contributed by atoms with Crippen LogP contribution in [0.25, 0.3) is 94.8 Å². The Kier molecular flexibility index (Phi) is 5.51. The smallest absolute Gasteiger partial charge is 0.165 e. The Morgan fingerprint density at radius 1 is 0.362 bits per heavy atom. The van der Waals surface area contributed by atoms with Crippen LogP contribution in [0.3, 0.4) is 0 Å². The van der Waals surface area contributed by atoms with Crippen molar-refractivity contribution in [2.75, 3.05) is 0 Å². The van der Waals surface area contributed by atoms with E-state index in [9.17, 15) is 0 Å². The lowest BCUT2D eigenvalue weighted by molar-refractivity contribution is 1.05. The normalized spacial score (nSPS) is 11.8. The summed E-state index contributed by atoms with van der Waals surface area (Å²) in [5.41, 5.74) is 9.99. The van der Waals surface area contributed by atoms with Crippen LogP contribution in [0.15, 0.2) is 152 Å². The zero-order chi connectivity index (χ0) is 30.9. The Morgan fingerprint density at radius 3 is 1.32 bits per heavy atom. The highest BCUT2D eigenvalue weighted by atomic mass is 15.1. The Labute approximate surface area is 270 Å². The van der Waals surface area contributed by atoms with Gasteiger partial charge in [-0.1, -0.05) is 121 Å². The summed E-state index contributed by atoms with van der Waals surface area (Å²) in [4.78, 5) is 19.7. The van der Waals surface area contributed by atoms with E-state index in [2.05, 4.69) is 89.5 Å². The molecule has 47 heavy (non-hydrogen) atoms. The highest BCUT2D eigenvalue weighted by Crippen LogP contribution is 2.49. The van der Waals surface area contributed by atoms with E-state index in [4.69, 9.17) is 19.9 Å². The van der Waals surface area contributed by atoms with Crippen molar-refractivity contribution in [3.8, 4) is 62.2 Å². The number of fused-ring (bicyclic) bond motifs is 2. The quantitative estimate of drug-likeness (QED) is 0.202. The first-order chi connectivity index (χ1) is 23.3. The molecule has 0 unspecified atom stereocenters. The Bertz CT molecular complexity index is 2510. The van der Waals surface area contributed by atoms with Crippen molar-refractivity contribution >= 4 is 32.6 Å². The van der Waals surface area contributed by atoms with Gasteiger partial charge in [0, 0.05) is 33.7 Å². The summed E-state index contributed by atoms with van der Waals surface area (Å²) in [7, 11) is 0. The molecule has 0 radical (unpaired) electrons. The summed E-state index contributed by atoms with van der Waals surface area (Å²) >= 11 is 0. The summed E-state index contributed by atoms with van der Waals surface area (Å²) in [5.74, 6) is 2.69. The van der Waals surface area contributed by atoms with Gasteiger partial charge in [-0.25, -0.2) is 19.9 Å². The van der Waals surface area contributed by atoms with E-state index in [0.717, 1.165) is 33.5 Å². The lowest BCUT2D eigenvalue weighted by Gasteiger charge is -2.13. The van der Waals surface area contributed by atoms with Gasteiger partial charge in [-0.15, -0.1) is 0 Å².